The Balaban J connectivity index is 0. The van der Waals surface area contributed by atoms with Crippen LogP contribution in [0.2, 0.25) is 0 Å². The van der Waals surface area contributed by atoms with E-state index in [1.807, 2.05) is 11.8 Å². The van der Waals surface area contributed by atoms with Crippen LogP contribution in [0.25, 0.3) is 0 Å². The van der Waals surface area contributed by atoms with Crippen molar-refractivity contribution in [1.82, 2.24) is 0 Å². The molecule has 0 aromatic carbocycles. The molecule has 0 spiro atoms. The molecule has 4 heteroatoms. The first-order chi connectivity index (χ1) is 3.81. The van der Waals surface area contributed by atoms with E-state index in [-0.39, 0.29) is 18.4 Å². The molecular formula is C5H15ClN2S. The van der Waals surface area contributed by atoms with E-state index in [4.69, 9.17) is 11.5 Å². The van der Waals surface area contributed by atoms with Gasteiger partial charge in [-0.3, -0.25) is 0 Å². The summed E-state index contributed by atoms with van der Waals surface area (Å²) in [7, 11) is 0. The molecule has 0 amide bonds. The molecule has 0 fully saturated rings. The molecule has 0 heterocycles. The van der Waals surface area contributed by atoms with Crippen molar-refractivity contribution in [3.8, 4) is 0 Å². The highest BCUT2D eigenvalue weighted by Gasteiger charge is 1.95. The van der Waals surface area contributed by atoms with Gasteiger partial charge >= 0.3 is 0 Å². The lowest BCUT2D eigenvalue weighted by Gasteiger charge is -2.04. The fourth-order valence-electron chi connectivity index (χ4n) is 0.337. The van der Waals surface area contributed by atoms with Gasteiger partial charge < -0.3 is 11.5 Å². The summed E-state index contributed by atoms with van der Waals surface area (Å²) in [5.74, 6) is 2.13. The van der Waals surface area contributed by atoms with E-state index >= 15 is 0 Å². The van der Waals surface area contributed by atoms with Gasteiger partial charge in [-0.2, -0.15) is 11.8 Å². The predicted molar refractivity (Wildman–Crippen MR) is 47.3 cm³/mol. The standard InChI is InChI=1S/C5H14N2S.ClH/c1-2-8-4-5(7)3-6;/h5H,2-4,6-7H2,1H3;1H. The molecule has 1 unspecified atom stereocenters. The minimum atomic E-state index is 0. The fourth-order valence-corrected chi connectivity index (χ4v) is 1.01. The quantitative estimate of drug-likeness (QED) is 0.644. The largest absolute Gasteiger partial charge is 0.329 e. The van der Waals surface area contributed by atoms with E-state index in [2.05, 4.69) is 6.92 Å². The van der Waals surface area contributed by atoms with Crippen LogP contribution < -0.4 is 11.5 Å². The lowest BCUT2D eigenvalue weighted by atomic mass is 10.4. The molecule has 0 aliphatic rings. The van der Waals surface area contributed by atoms with Gasteiger partial charge in [0.05, 0.1) is 0 Å². The van der Waals surface area contributed by atoms with Gasteiger partial charge in [-0.25, -0.2) is 0 Å². The summed E-state index contributed by atoms with van der Waals surface area (Å²) >= 11 is 1.84. The summed E-state index contributed by atoms with van der Waals surface area (Å²) in [5.41, 5.74) is 10.8. The summed E-state index contributed by atoms with van der Waals surface area (Å²) in [4.78, 5) is 0. The molecule has 0 radical (unpaired) electrons. The molecule has 0 rings (SSSR count). The van der Waals surface area contributed by atoms with Crippen LogP contribution in [0, 0.1) is 0 Å². The molecule has 58 valence electrons. The molecule has 4 N–H and O–H groups in total. The van der Waals surface area contributed by atoms with E-state index in [1.165, 1.54) is 0 Å². The molecular weight excluding hydrogens is 156 g/mol. The number of hydrogen-bond donors (Lipinski definition) is 2. The smallest absolute Gasteiger partial charge is 0.0255 e. The third kappa shape index (κ3) is 8.56. The second kappa shape index (κ2) is 8.56. The number of halogens is 1. The van der Waals surface area contributed by atoms with Gasteiger partial charge in [0.2, 0.25) is 0 Å². The molecule has 0 aromatic heterocycles. The second-order valence-electron chi connectivity index (χ2n) is 1.66. The average molecular weight is 171 g/mol. The van der Waals surface area contributed by atoms with E-state index < -0.39 is 0 Å². The van der Waals surface area contributed by atoms with Crippen LogP contribution in [-0.4, -0.2) is 24.1 Å². The van der Waals surface area contributed by atoms with E-state index in [1.54, 1.807) is 0 Å². The molecule has 0 bridgehead atoms. The van der Waals surface area contributed by atoms with Crippen LogP contribution in [0.3, 0.4) is 0 Å². The molecule has 9 heavy (non-hydrogen) atoms. The SMILES string of the molecule is CCSCC(N)CN.Cl. The highest BCUT2D eigenvalue weighted by Crippen LogP contribution is 1.98. The highest BCUT2D eigenvalue weighted by atomic mass is 35.5. The van der Waals surface area contributed by atoms with Crippen LogP contribution in [0.15, 0.2) is 0 Å². The van der Waals surface area contributed by atoms with Crippen molar-refractivity contribution in [3.05, 3.63) is 0 Å². The van der Waals surface area contributed by atoms with Crippen molar-refractivity contribution >= 4 is 24.2 Å². The van der Waals surface area contributed by atoms with Gasteiger partial charge in [0.1, 0.15) is 0 Å². The normalized spacial score (nSPS) is 12.3. The lowest BCUT2D eigenvalue weighted by Crippen LogP contribution is -2.31. The van der Waals surface area contributed by atoms with Crippen LogP contribution in [-0.2, 0) is 0 Å². The topological polar surface area (TPSA) is 52.0 Å². The number of thioether (sulfide) groups is 1. The van der Waals surface area contributed by atoms with Crippen LogP contribution in [0.5, 0.6) is 0 Å². The molecule has 0 aromatic rings. The molecule has 0 saturated carbocycles. The van der Waals surface area contributed by atoms with E-state index in [9.17, 15) is 0 Å². The molecule has 2 nitrogen and oxygen atoms in total. The van der Waals surface area contributed by atoms with E-state index in [0.717, 1.165) is 11.5 Å². The summed E-state index contributed by atoms with van der Waals surface area (Å²) < 4.78 is 0. The Bertz CT molecular complexity index is 54.2. The Labute approximate surface area is 67.2 Å². The molecule has 1 atom stereocenters. The first kappa shape index (κ1) is 12.3. The number of nitrogens with two attached hydrogens (primary N) is 2. The third-order valence-electron chi connectivity index (χ3n) is 0.839. The van der Waals surface area contributed by atoms with Gasteiger partial charge in [-0.1, -0.05) is 6.92 Å². The summed E-state index contributed by atoms with van der Waals surface area (Å²) in [6, 6.07) is 0.194. The van der Waals surface area contributed by atoms with Gasteiger partial charge in [0.25, 0.3) is 0 Å². The first-order valence-electron chi connectivity index (χ1n) is 2.84. The number of rotatable bonds is 4. The molecule has 0 aliphatic carbocycles. The minimum Gasteiger partial charge on any atom is -0.329 e. The Kier molecular flexibility index (Phi) is 11.7. The van der Waals surface area contributed by atoms with Gasteiger partial charge in [-0.05, 0) is 5.75 Å². The van der Waals surface area contributed by atoms with Crippen molar-refractivity contribution in [2.75, 3.05) is 18.1 Å². The van der Waals surface area contributed by atoms with Crippen molar-refractivity contribution in [1.29, 1.82) is 0 Å². The zero-order valence-electron chi connectivity index (χ0n) is 5.67. The third-order valence-corrected chi connectivity index (χ3v) is 1.91. The van der Waals surface area contributed by atoms with Crippen molar-refractivity contribution in [2.24, 2.45) is 11.5 Å². The predicted octanol–water partition coefficient (Wildman–Crippen LogP) is 0.447. The van der Waals surface area contributed by atoms with Crippen LogP contribution in [0.1, 0.15) is 6.92 Å². The minimum absolute atomic E-state index is 0. The van der Waals surface area contributed by atoms with Crippen LogP contribution >= 0.6 is 24.2 Å². The Morgan fingerprint density at radius 3 is 2.44 bits per heavy atom. The lowest BCUT2D eigenvalue weighted by molar-refractivity contribution is 0.763. The maximum absolute atomic E-state index is 5.51. The fraction of sp³-hybridized carbons (Fsp3) is 1.00. The second-order valence-corrected chi connectivity index (χ2v) is 2.97. The summed E-state index contributed by atoms with van der Waals surface area (Å²) in [6.45, 7) is 2.72. The average Bonchev–Trinajstić information content (AvgIpc) is 1.83. The first-order valence-corrected chi connectivity index (χ1v) is 4.00. The van der Waals surface area contributed by atoms with Crippen molar-refractivity contribution < 1.29 is 0 Å². The van der Waals surface area contributed by atoms with Gasteiger partial charge in [-0.15, -0.1) is 12.4 Å². The highest BCUT2D eigenvalue weighted by molar-refractivity contribution is 7.99. The monoisotopic (exact) mass is 170 g/mol. The van der Waals surface area contributed by atoms with Crippen molar-refractivity contribution in [3.63, 3.8) is 0 Å². The van der Waals surface area contributed by atoms with Crippen molar-refractivity contribution in [2.45, 2.75) is 13.0 Å². The summed E-state index contributed by atoms with van der Waals surface area (Å²) in [6.07, 6.45) is 0. The molecule has 0 aliphatic heterocycles. The Morgan fingerprint density at radius 1 is 1.56 bits per heavy atom. The maximum Gasteiger partial charge on any atom is 0.0255 e. The maximum atomic E-state index is 5.51. The Morgan fingerprint density at radius 2 is 2.11 bits per heavy atom. The molecule has 0 saturated heterocycles. The van der Waals surface area contributed by atoms with E-state index in [0.29, 0.717) is 6.54 Å². The Hall–Kier alpha value is 0.560. The summed E-state index contributed by atoms with van der Waals surface area (Å²) in [5, 5.41) is 0. The van der Waals surface area contributed by atoms with Gasteiger partial charge in [0.15, 0.2) is 0 Å². The zero-order chi connectivity index (χ0) is 6.41. The zero-order valence-corrected chi connectivity index (χ0v) is 7.30. The van der Waals surface area contributed by atoms with Crippen LogP contribution in [0.4, 0.5) is 0 Å². The number of hydrogen-bond acceptors (Lipinski definition) is 3. The van der Waals surface area contributed by atoms with Gasteiger partial charge in [0, 0.05) is 18.3 Å².